The van der Waals surface area contributed by atoms with Gasteiger partial charge in [-0.05, 0) is 31.9 Å². The van der Waals surface area contributed by atoms with E-state index in [9.17, 15) is 0 Å². The van der Waals surface area contributed by atoms with Crippen LogP contribution in [0.1, 0.15) is 33.6 Å². The molecular weight excluding hydrogens is 254 g/mol. The molecule has 0 saturated carbocycles. The van der Waals surface area contributed by atoms with Gasteiger partial charge in [0.1, 0.15) is 6.61 Å². The van der Waals surface area contributed by atoms with E-state index in [0.29, 0.717) is 26.4 Å². The van der Waals surface area contributed by atoms with Crippen molar-refractivity contribution in [1.29, 1.82) is 0 Å². The first-order chi connectivity index (χ1) is 9.65. The van der Waals surface area contributed by atoms with Crippen LogP contribution in [-0.4, -0.2) is 32.0 Å². The smallest absolute Gasteiger partial charge is 0.161 e. The van der Waals surface area contributed by atoms with Gasteiger partial charge in [-0.1, -0.05) is 26.0 Å². The molecule has 0 aromatic heterocycles. The van der Waals surface area contributed by atoms with Gasteiger partial charge in [0.05, 0.1) is 19.8 Å². The normalized spacial score (nSPS) is 11.4. The molecule has 0 fully saturated rings. The second kappa shape index (κ2) is 8.82. The van der Waals surface area contributed by atoms with Gasteiger partial charge < -0.3 is 19.9 Å². The van der Waals surface area contributed by atoms with E-state index in [2.05, 4.69) is 13.8 Å². The van der Waals surface area contributed by atoms with E-state index < -0.39 is 0 Å². The Balaban J connectivity index is 2.31. The van der Waals surface area contributed by atoms with Gasteiger partial charge in [-0.25, -0.2) is 0 Å². The van der Waals surface area contributed by atoms with Gasteiger partial charge in [-0.2, -0.15) is 0 Å². The molecule has 0 atom stereocenters. The molecule has 0 bridgehead atoms. The van der Waals surface area contributed by atoms with Gasteiger partial charge >= 0.3 is 0 Å². The molecule has 1 aromatic rings. The van der Waals surface area contributed by atoms with Crippen LogP contribution in [0, 0.1) is 0 Å². The quantitative estimate of drug-likeness (QED) is 0.670. The molecule has 114 valence electrons. The predicted molar refractivity (Wildman–Crippen MR) is 81.4 cm³/mol. The summed E-state index contributed by atoms with van der Waals surface area (Å²) in [6, 6.07) is 7.66. The maximum atomic E-state index is 6.17. The van der Waals surface area contributed by atoms with Crippen molar-refractivity contribution in [1.82, 2.24) is 0 Å². The molecule has 0 aliphatic heterocycles. The van der Waals surface area contributed by atoms with Gasteiger partial charge in [0.2, 0.25) is 0 Å². The zero-order valence-corrected chi connectivity index (χ0v) is 12.9. The summed E-state index contributed by atoms with van der Waals surface area (Å²) in [7, 11) is 0. The van der Waals surface area contributed by atoms with Crippen LogP contribution in [-0.2, 0) is 4.74 Å². The van der Waals surface area contributed by atoms with Crippen LogP contribution in [0.15, 0.2) is 24.3 Å². The third-order valence-corrected chi connectivity index (χ3v) is 3.43. The fraction of sp³-hybridized carbons (Fsp3) is 0.625. The Morgan fingerprint density at radius 2 is 1.55 bits per heavy atom. The zero-order valence-electron chi connectivity index (χ0n) is 12.9. The standard InChI is InChI=1S/C16H27NO3/c1-4-16(17,5-2)13-18-11-12-20-15-10-8-7-9-14(15)19-6-3/h7-10H,4-6,11-13,17H2,1-3H3. The van der Waals surface area contributed by atoms with Crippen molar-refractivity contribution in [2.75, 3.05) is 26.4 Å². The van der Waals surface area contributed by atoms with E-state index in [4.69, 9.17) is 19.9 Å². The second-order valence-electron chi connectivity index (χ2n) is 4.85. The Morgan fingerprint density at radius 3 is 2.10 bits per heavy atom. The monoisotopic (exact) mass is 281 g/mol. The van der Waals surface area contributed by atoms with Crippen molar-refractivity contribution in [3.63, 3.8) is 0 Å². The van der Waals surface area contributed by atoms with Crippen LogP contribution >= 0.6 is 0 Å². The van der Waals surface area contributed by atoms with Crippen molar-refractivity contribution in [3.05, 3.63) is 24.3 Å². The average Bonchev–Trinajstić information content (AvgIpc) is 2.48. The molecule has 0 unspecified atom stereocenters. The Morgan fingerprint density at radius 1 is 0.950 bits per heavy atom. The van der Waals surface area contributed by atoms with E-state index in [1.54, 1.807) is 0 Å². The lowest BCUT2D eigenvalue weighted by molar-refractivity contribution is 0.0591. The third-order valence-electron chi connectivity index (χ3n) is 3.43. The van der Waals surface area contributed by atoms with E-state index >= 15 is 0 Å². The average molecular weight is 281 g/mol. The lowest BCUT2D eigenvalue weighted by Gasteiger charge is -2.26. The number of rotatable bonds is 10. The van der Waals surface area contributed by atoms with Crippen molar-refractivity contribution < 1.29 is 14.2 Å². The molecule has 1 rings (SSSR count). The molecule has 0 saturated heterocycles. The Bertz CT molecular complexity index is 378. The highest BCUT2D eigenvalue weighted by molar-refractivity contribution is 5.39. The zero-order chi connectivity index (χ0) is 14.8. The molecule has 0 radical (unpaired) electrons. The van der Waals surface area contributed by atoms with Crippen LogP contribution in [0.4, 0.5) is 0 Å². The summed E-state index contributed by atoms with van der Waals surface area (Å²) < 4.78 is 16.8. The minimum atomic E-state index is -0.219. The lowest BCUT2D eigenvalue weighted by Crippen LogP contribution is -2.43. The summed E-state index contributed by atoms with van der Waals surface area (Å²) in [5.74, 6) is 1.52. The SMILES string of the molecule is CCOc1ccccc1OCCOCC(N)(CC)CC. The molecule has 4 heteroatoms. The predicted octanol–water partition coefficient (Wildman–Crippen LogP) is 3.00. The molecule has 4 nitrogen and oxygen atoms in total. The fourth-order valence-electron chi connectivity index (χ4n) is 1.78. The van der Waals surface area contributed by atoms with Gasteiger partial charge in [-0.3, -0.25) is 0 Å². The minimum absolute atomic E-state index is 0.219. The minimum Gasteiger partial charge on any atom is -0.490 e. The van der Waals surface area contributed by atoms with E-state index in [1.165, 1.54) is 0 Å². The summed E-state index contributed by atoms with van der Waals surface area (Å²) in [4.78, 5) is 0. The molecule has 0 heterocycles. The van der Waals surface area contributed by atoms with Crippen LogP contribution in [0.25, 0.3) is 0 Å². The highest BCUT2D eigenvalue weighted by atomic mass is 16.5. The van der Waals surface area contributed by atoms with Crippen molar-refractivity contribution in [3.8, 4) is 11.5 Å². The number of hydrogen-bond donors (Lipinski definition) is 1. The summed E-state index contributed by atoms with van der Waals surface area (Å²) in [6.45, 7) is 8.34. The van der Waals surface area contributed by atoms with Gasteiger partial charge in [0, 0.05) is 5.54 Å². The fourth-order valence-corrected chi connectivity index (χ4v) is 1.78. The first-order valence-corrected chi connectivity index (χ1v) is 7.36. The molecule has 0 spiro atoms. The van der Waals surface area contributed by atoms with Gasteiger partial charge in [0.15, 0.2) is 11.5 Å². The van der Waals surface area contributed by atoms with Crippen molar-refractivity contribution in [2.45, 2.75) is 39.2 Å². The number of para-hydroxylation sites is 2. The molecule has 2 N–H and O–H groups in total. The van der Waals surface area contributed by atoms with E-state index in [0.717, 1.165) is 24.3 Å². The maximum absolute atomic E-state index is 6.17. The second-order valence-corrected chi connectivity index (χ2v) is 4.85. The first-order valence-electron chi connectivity index (χ1n) is 7.36. The Kier molecular flexibility index (Phi) is 7.41. The summed E-state index contributed by atoms with van der Waals surface area (Å²) in [5.41, 5.74) is 5.95. The lowest BCUT2D eigenvalue weighted by atomic mass is 9.96. The summed E-state index contributed by atoms with van der Waals surface area (Å²) in [5, 5.41) is 0. The molecular formula is C16H27NO3. The van der Waals surface area contributed by atoms with Crippen molar-refractivity contribution in [2.24, 2.45) is 5.73 Å². The maximum Gasteiger partial charge on any atom is 0.161 e. The number of nitrogens with two attached hydrogens (primary N) is 1. The van der Waals surface area contributed by atoms with Crippen LogP contribution in [0.2, 0.25) is 0 Å². The largest absolute Gasteiger partial charge is 0.490 e. The highest BCUT2D eigenvalue weighted by Crippen LogP contribution is 2.26. The molecule has 0 aliphatic carbocycles. The highest BCUT2D eigenvalue weighted by Gasteiger charge is 2.20. The number of benzene rings is 1. The van der Waals surface area contributed by atoms with Gasteiger partial charge in [0.25, 0.3) is 0 Å². The molecule has 20 heavy (non-hydrogen) atoms. The van der Waals surface area contributed by atoms with Crippen LogP contribution in [0.5, 0.6) is 11.5 Å². The molecule has 0 amide bonds. The van der Waals surface area contributed by atoms with Crippen LogP contribution < -0.4 is 15.2 Å². The Hall–Kier alpha value is -1.26. The van der Waals surface area contributed by atoms with E-state index in [-0.39, 0.29) is 5.54 Å². The summed E-state index contributed by atoms with van der Waals surface area (Å²) in [6.07, 6.45) is 1.83. The first kappa shape index (κ1) is 16.8. The molecule has 0 aliphatic rings. The third kappa shape index (κ3) is 5.39. The number of hydrogen-bond acceptors (Lipinski definition) is 4. The van der Waals surface area contributed by atoms with E-state index in [1.807, 2.05) is 31.2 Å². The number of ether oxygens (including phenoxy) is 3. The van der Waals surface area contributed by atoms with Gasteiger partial charge in [-0.15, -0.1) is 0 Å². The summed E-state index contributed by atoms with van der Waals surface area (Å²) >= 11 is 0. The van der Waals surface area contributed by atoms with Crippen LogP contribution in [0.3, 0.4) is 0 Å². The molecule has 1 aromatic carbocycles. The van der Waals surface area contributed by atoms with Crippen molar-refractivity contribution >= 4 is 0 Å². The topological polar surface area (TPSA) is 53.7 Å². The Labute approximate surface area is 122 Å².